The van der Waals surface area contributed by atoms with Gasteiger partial charge in [-0.25, -0.2) is 12.8 Å². The number of fused-ring (bicyclic) bond motifs is 1. The lowest BCUT2D eigenvalue weighted by Crippen LogP contribution is -2.29. The first-order valence-corrected chi connectivity index (χ1v) is 11.6. The van der Waals surface area contributed by atoms with Crippen LogP contribution >= 0.6 is 15.9 Å². The number of carbonyl (C=O) groups is 2. The van der Waals surface area contributed by atoms with Crippen LogP contribution in [-0.2, 0) is 25.8 Å². The summed E-state index contributed by atoms with van der Waals surface area (Å²) in [5, 5.41) is 2.38. The molecular weight excluding hydrogens is 463 g/mol. The number of nitrogens with one attached hydrogen (secondary N) is 1. The summed E-state index contributed by atoms with van der Waals surface area (Å²) in [7, 11) is -3.86. The van der Waals surface area contributed by atoms with E-state index in [1.807, 2.05) is 6.07 Å². The summed E-state index contributed by atoms with van der Waals surface area (Å²) in [4.78, 5) is 25.9. The second kappa shape index (κ2) is 8.62. The van der Waals surface area contributed by atoms with Crippen molar-refractivity contribution in [3.05, 3.63) is 52.3 Å². The highest BCUT2D eigenvalue weighted by Gasteiger charge is 2.32. The van der Waals surface area contributed by atoms with E-state index >= 15 is 0 Å². The van der Waals surface area contributed by atoms with Gasteiger partial charge in [0.1, 0.15) is 5.82 Å². The molecule has 0 fully saturated rings. The van der Waals surface area contributed by atoms with E-state index in [9.17, 15) is 22.4 Å². The van der Waals surface area contributed by atoms with Crippen LogP contribution in [0.2, 0.25) is 0 Å². The fraction of sp³-hybridized carbons (Fsp3) is 0.300. The van der Waals surface area contributed by atoms with Gasteiger partial charge in [0.05, 0.1) is 22.0 Å². The molecule has 1 N–H and O–H groups in total. The van der Waals surface area contributed by atoms with E-state index < -0.39 is 27.3 Å². The van der Waals surface area contributed by atoms with Gasteiger partial charge in [-0.05, 0) is 36.2 Å². The fourth-order valence-corrected chi connectivity index (χ4v) is 5.43. The Hall–Kier alpha value is -2.26. The van der Waals surface area contributed by atoms with Gasteiger partial charge in [0.25, 0.3) is 0 Å². The molecule has 0 saturated heterocycles. The molecule has 2 aromatic rings. The third-order valence-corrected chi connectivity index (χ3v) is 6.86. The van der Waals surface area contributed by atoms with Crippen molar-refractivity contribution in [1.82, 2.24) is 0 Å². The molecule has 1 heterocycles. The summed E-state index contributed by atoms with van der Waals surface area (Å²) in [6.45, 7) is 2.15. The normalized spacial score (nSPS) is 13.3. The van der Waals surface area contributed by atoms with Crippen LogP contribution in [0.4, 0.5) is 15.8 Å². The third-order valence-electron chi connectivity index (χ3n) is 4.68. The van der Waals surface area contributed by atoms with E-state index in [0.29, 0.717) is 23.1 Å². The maximum atomic E-state index is 13.7. The first kappa shape index (κ1) is 21.4. The average molecular weight is 483 g/mol. The first-order chi connectivity index (χ1) is 13.7. The summed E-state index contributed by atoms with van der Waals surface area (Å²) in [5.74, 6) is -1.81. The Morgan fingerprint density at radius 1 is 1.24 bits per heavy atom. The van der Waals surface area contributed by atoms with Gasteiger partial charge < -0.3 is 10.2 Å². The molecule has 29 heavy (non-hydrogen) atoms. The van der Waals surface area contributed by atoms with Gasteiger partial charge in [-0.2, -0.15) is 0 Å². The SMILES string of the molecule is CCC(=O)N1CCc2cc(Br)cc(S(=O)(=O)CCC(=O)Nc3ccccc3F)c21. The Labute approximate surface area is 177 Å². The standard InChI is InChI=1S/C20H20BrFN2O4S/c1-2-19(26)24-9-7-13-11-14(21)12-17(20(13)24)29(27,28)10-8-18(25)23-16-6-4-3-5-15(16)22/h3-6,11-12H,2,7-10H2,1H3,(H,23,25). The topological polar surface area (TPSA) is 83.6 Å². The van der Waals surface area contributed by atoms with Gasteiger partial charge in [0.2, 0.25) is 11.8 Å². The van der Waals surface area contributed by atoms with E-state index in [1.165, 1.54) is 29.2 Å². The molecule has 9 heteroatoms. The zero-order valence-electron chi connectivity index (χ0n) is 15.7. The zero-order valence-corrected chi connectivity index (χ0v) is 18.1. The quantitative estimate of drug-likeness (QED) is 0.680. The van der Waals surface area contributed by atoms with Crippen LogP contribution in [0, 0.1) is 5.82 Å². The highest BCUT2D eigenvalue weighted by Crippen LogP contribution is 2.38. The molecule has 2 aromatic carbocycles. The molecule has 2 amide bonds. The molecule has 0 atom stereocenters. The van der Waals surface area contributed by atoms with Crippen LogP contribution in [0.1, 0.15) is 25.3 Å². The summed E-state index contributed by atoms with van der Waals surface area (Å²) in [6.07, 6.45) is 0.497. The molecule has 0 saturated carbocycles. The number of hydrogen-bond donors (Lipinski definition) is 1. The molecule has 0 radical (unpaired) electrons. The van der Waals surface area contributed by atoms with Crippen molar-refractivity contribution in [2.75, 3.05) is 22.5 Å². The summed E-state index contributed by atoms with van der Waals surface area (Å²) in [6, 6.07) is 8.94. The van der Waals surface area contributed by atoms with Crippen molar-refractivity contribution in [2.24, 2.45) is 0 Å². The maximum absolute atomic E-state index is 13.7. The number of amides is 2. The number of para-hydroxylation sites is 1. The highest BCUT2D eigenvalue weighted by molar-refractivity contribution is 9.10. The van der Waals surface area contributed by atoms with Crippen LogP contribution in [0.3, 0.4) is 0 Å². The molecule has 0 aliphatic carbocycles. The lowest BCUT2D eigenvalue weighted by molar-refractivity contribution is -0.118. The molecule has 0 unspecified atom stereocenters. The summed E-state index contributed by atoms with van der Waals surface area (Å²) in [5.41, 5.74) is 1.17. The molecule has 154 valence electrons. The van der Waals surface area contributed by atoms with E-state index in [0.717, 1.165) is 5.56 Å². The number of hydrogen-bond acceptors (Lipinski definition) is 4. The highest BCUT2D eigenvalue weighted by atomic mass is 79.9. The second-order valence-corrected chi connectivity index (χ2v) is 9.65. The Kier molecular flexibility index (Phi) is 6.38. The molecule has 3 rings (SSSR count). The van der Waals surface area contributed by atoms with Gasteiger partial charge >= 0.3 is 0 Å². The second-order valence-electron chi connectivity index (χ2n) is 6.66. The first-order valence-electron chi connectivity index (χ1n) is 9.13. The Morgan fingerprint density at radius 2 is 1.97 bits per heavy atom. The van der Waals surface area contributed by atoms with Crippen molar-refractivity contribution in [3.63, 3.8) is 0 Å². The van der Waals surface area contributed by atoms with Crippen LogP contribution in [-0.4, -0.2) is 32.5 Å². The smallest absolute Gasteiger partial charge is 0.226 e. The molecular formula is C20H20BrFN2O4S. The minimum atomic E-state index is -3.86. The van der Waals surface area contributed by atoms with Gasteiger partial charge in [0.15, 0.2) is 9.84 Å². The number of sulfone groups is 1. The molecule has 0 spiro atoms. The molecule has 6 nitrogen and oxygen atoms in total. The van der Waals surface area contributed by atoms with Crippen molar-refractivity contribution in [3.8, 4) is 0 Å². The monoisotopic (exact) mass is 482 g/mol. The predicted octanol–water partition coefficient (Wildman–Crippen LogP) is 3.69. The molecule has 0 bridgehead atoms. The number of anilines is 2. The van der Waals surface area contributed by atoms with Gasteiger partial charge in [-0.1, -0.05) is 35.0 Å². The van der Waals surface area contributed by atoms with E-state index in [2.05, 4.69) is 21.2 Å². The number of rotatable bonds is 6. The predicted molar refractivity (Wildman–Crippen MR) is 112 cm³/mol. The average Bonchev–Trinajstić information content (AvgIpc) is 3.10. The lowest BCUT2D eigenvalue weighted by atomic mass is 10.2. The molecule has 1 aliphatic heterocycles. The number of halogens is 2. The Morgan fingerprint density at radius 3 is 2.66 bits per heavy atom. The van der Waals surface area contributed by atoms with Crippen molar-refractivity contribution < 1.29 is 22.4 Å². The van der Waals surface area contributed by atoms with E-state index in [1.54, 1.807) is 13.0 Å². The van der Waals surface area contributed by atoms with E-state index in [4.69, 9.17) is 0 Å². The lowest BCUT2D eigenvalue weighted by Gasteiger charge is -2.20. The molecule has 1 aliphatic rings. The van der Waals surface area contributed by atoms with Gasteiger partial charge in [0, 0.05) is 23.9 Å². The van der Waals surface area contributed by atoms with Gasteiger partial charge in [-0.3, -0.25) is 9.59 Å². The number of benzene rings is 2. The third kappa shape index (κ3) is 4.67. The zero-order chi connectivity index (χ0) is 21.2. The van der Waals surface area contributed by atoms with Crippen molar-refractivity contribution in [2.45, 2.75) is 31.1 Å². The van der Waals surface area contributed by atoms with E-state index in [-0.39, 0.29) is 29.3 Å². The minimum absolute atomic E-state index is 0.00189. The Balaban J connectivity index is 1.82. The minimum Gasteiger partial charge on any atom is -0.324 e. The largest absolute Gasteiger partial charge is 0.324 e. The summed E-state index contributed by atoms with van der Waals surface area (Å²) >= 11 is 3.33. The fourth-order valence-electron chi connectivity index (χ4n) is 3.26. The van der Waals surface area contributed by atoms with Crippen molar-refractivity contribution >= 4 is 49.0 Å². The Bertz CT molecular complexity index is 1070. The van der Waals surface area contributed by atoms with Gasteiger partial charge in [-0.15, -0.1) is 0 Å². The van der Waals surface area contributed by atoms with Crippen molar-refractivity contribution in [1.29, 1.82) is 0 Å². The molecule has 0 aromatic heterocycles. The van der Waals surface area contributed by atoms with Crippen LogP contribution in [0.15, 0.2) is 45.8 Å². The van der Waals surface area contributed by atoms with Crippen LogP contribution < -0.4 is 10.2 Å². The van der Waals surface area contributed by atoms with Crippen LogP contribution in [0.25, 0.3) is 0 Å². The van der Waals surface area contributed by atoms with Crippen LogP contribution in [0.5, 0.6) is 0 Å². The number of nitrogens with zero attached hydrogens (tertiary/aromatic N) is 1. The summed E-state index contributed by atoms with van der Waals surface area (Å²) < 4.78 is 40.3. The number of carbonyl (C=O) groups excluding carboxylic acids is 2. The maximum Gasteiger partial charge on any atom is 0.226 e.